The minimum Gasteiger partial charge on any atom is -0.493 e. The van der Waals surface area contributed by atoms with Gasteiger partial charge in [-0.2, -0.15) is 0 Å². The molecule has 0 unspecified atom stereocenters. The summed E-state index contributed by atoms with van der Waals surface area (Å²) in [6, 6.07) is 10.2. The fraction of sp³-hybridized carbons (Fsp3) is 0.222. The number of halogens is 1. The van der Waals surface area contributed by atoms with Crippen molar-refractivity contribution in [1.29, 1.82) is 0 Å². The molecule has 0 saturated carbocycles. The molecule has 0 bridgehead atoms. The first-order valence-electron chi connectivity index (χ1n) is 7.64. The number of methoxy groups -OCH3 is 2. The summed E-state index contributed by atoms with van der Waals surface area (Å²) in [7, 11) is 3.26. The molecule has 4 rings (SSSR count). The second-order valence-electron chi connectivity index (χ2n) is 5.60. The topological polar surface area (TPSA) is 47.5 Å². The Morgan fingerprint density at radius 2 is 1.83 bits per heavy atom. The van der Waals surface area contributed by atoms with E-state index in [1.165, 1.54) is 11.3 Å². The van der Waals surface area contributed by atoms with Crippen LogP contribution in [-0.4, -0.2) is 30.7 Å². The average Bonchev–Trinajstić information content (AvgIpc) is 3.02. The minimum atomic E-state index is 0.666. The van der Waals surface area contributed by atoms with Crippen LogP contribution in [0, 0.1) is 0 Å². The lowest BCUT2D eigenvalue weighted by atomic mass is 10.1. The highest BCUT2D eigenvalue weighted by atomic mass is 79.9. The first-order valence-corrected chi connectivity index (χ1v) is 8.43. The van der Waals surface area contributed by atoms with Crippen LogP contribution in [-0.2, 0) is 6.42 Å². The lowest BCUT2D eigenvalue weighted by Gasteiger charge is -2.20. The van der Waals surface area contributed by atoms with E-state index in [1.807, 2.05) is 12.1 Å². The Morgan fingerprint density at radius 1 is 1.04 bits per heavy atom. The van der Waals surface area contributed by atoms with Crippen LogP contribution in [0.2, 0.25) is 0 Å². The molecule has 2 aromatic carbocycles. The van der Waals surface area contributed by atoms with Crippen molar-refractivity contribution < 1.29 is 9.47 Å². The quantitative estimate of drug-likeness (QED) is 0.678. The zero-order chi connectivity index (χ0) is 16.7. The highest BCUT2D eigenvalue weighted by molar-refractivity contribution is 9.10. The maximum Gasteiger partial charge on any atom is 0.162 e. The van der Waals surface area contributed by atoms with Crippen molar-refractivity contribution in [1.82, 2.24) is 9.97 Å². The predicted octanol–water partition coefficient (Wildman–Crippen LogP) is 4.10. The Labute approximate surface area is 148 Å². The Balaban J connectivity index is 1.91. The number of ether oxygens (including phenoxy) is 2. The van der Waals surface area contributed by atoms with Crippen LogP contribution in [0.15, 0.2) is 41.1 Å². The zero-order valence-corrected chi connectivity index (χ0v) is 15.0. The first-order chi connectivity index (χ1) is 11.7. The summed E-state index contributed by atoms with van der Waals surface area (Å²) in [5, 5.41) is 0.947. The van der Waals surface area contributed by atoms with E-state index in [0.29, 0.717) is 11.5 Å². The third kappa shape index (κ3) is 2.38. The highest BCUT2D eigenvalue weighted by Gasteiger charge is 2.24. The Kier molecular flexibility index (Phi) is 3.76. The van der Waals surface area contributed by atoms with Gasteiger partial charge in [0.05, 0.1) is 19.7 Å². The summed E-state index contributed by atoms with van der Waals surface area (Å²) in [6.07, 6.45) is 2.60. The molecule has 0 atom stereocenters. The molecule has 1 aromatic heterocycles. The number of nitrogens with zero attached hydrogens (tertiary/aromatic N) is 3. The highest BCUT2D eigenvalue weighted by Crippen LogP contribution is 2.40. The van der Waals surface area contributed by atoms with Gasteiger partial charge in [-0.25, -0.2) is 9.97 Å². The fourth-order valence-corrected chi connectivity index (χ4v) is 3.51. The van der Waals surface area contributed by atoms with Crippen molar-refractivity contribution in [3.05, 3.63) is 46.7 Å². The van der Waals surface area contributed by atoms with Gasteiger partial charge in [-0.15, -0.1) is 0 Å². The molecule has 1 aliphatic rings. The van der Waals surface area contributed by atoms with Gasteiger partial charge >= 0.3 is 0 Å². The largest absolute Gasteiger partial charge is 0.493 e. The molecule has 0 N–H and O–H groups in total. The van der Waals surface area contributed by atoms with E-state index >= 15 is 0 Å². The summed E-state index contributed by atoms with van der Waals surface area (Å²) in [5.74, 6) is 2.23. The Bertz CT molecular complexity index is 930. The summed E-state index contributed by atoms with van der Waals surface area (Å²) in [5.41, 5.74) is 3.34. The molecule has 5 nitrogen and oxygen atoms in total. The molecule has 0 fully saturated rings. The maximum atomic E-state index is 5.44. The number of hydrogen-bond donors (Lipinski definition) is 0. The lowest BCUT2D eigenvalue weighted by molar-refractivity contribution is 0.356. The van der Waals surface area contributed by atoms with E-state index in [4.69, 9.17) is 9.47 Å². The average molecular weight is 386 g/mol. The molecule has 122 valence electrons. The van der Waals surface area contributed by atoms with Crippen LogP contribution in [0.3, 0.4) is 0 Å². The maximum absolute atomic E-state index is 5.44. The summed E-state index contributed by atoms with van der Waals surface area (Å²) in [6.45, 7) is 0.895. The van der Waals surface area contributed by atoms with Crippen molar-refractivity contribution in [2.45, 2.75) is 6.42 Å². The van der Waals surface area contributed by atoms with Crippen molar-refractivity contribution in [2.75, 3.05) is 25.7 Å². The normalized spacial score (nSPS) is 13.2. The second-order valence-corrected chi connectivity index (χ2v) is 6.51. The molecule has 24 heavy (non-hydrogen) atoms. The number of aromatic nitrogens is 2. The predicted molar refractivity (Wildman–Crippen MR) is 97.5 cm³/mol. The van der Waals surface area contributed by atoms with Crippen LogP contribution >= 0.6 is 15.9 Å². The SMILES string of the molecule is COc1cc2ncnc(N3CCc4ccc(Br)cc43)c2cc1OC. The third-order valence-electron chi connectivity index (χ3n) is 4.32. The molecule has 0 radical (unpaired) electrons. The first kappa shape index (κ1) is 15.2. The van der Waals surface area contributed by atoms with Crippen molar-refractivity contribution in [3.63, 3.8) is 0 Å². The van der Waals surface area contributed by atoms with Gasteiger partial charge in [0.1, 0.15) is 12.1 Å². The van der Waals surface area contributed by atoms with Gasteiger partial charge in [0.15, 0.2) is 11.5 Å². The van der Waals surface area contributed by atoms with Crippen LogP contribution in [0.1, 0.15) is 5.56 Å². The Morgan fingerprint density at radius 3 is 2.62 bits per heavy atom. The molecule has 0 spiro atoms. The molecular weight excluding hydrogens is 370 g/mol. The third-order valence-corrected chi connectivity index (χ3v) is 4.81. The van der Waals surface area contributed by atoms with E-state index in [2.05, 4.69) is 49.0 Å². The minimum absolute atomic E-state index is 0.666. The number of benzene rings is 2. The van der Waals surface area contributed by atoms with E-state index in [0.717, 1.165) is 34.2 Å². The summed E-state index contributed by atoms with van der Waals surface area (Å²) >= 11 is 3.56. The van der Waals surface area contributed by atoms with Crippen molar-refractivity contribution >= 4 is 38.3 Å². The number of hydrogen-bond acceptors (Lipinski definition) is 5. The zero-order valence-electron chi connectivity index (χ0n) is 13.4. The number of rotatable bonds is 3. The molecule has 3 aromatic rings. The van der Waals surface area contributed by atoms with E-state index in [-0.39, 0.29) is 0 Å². The van der Waals surface area contributed by atoms with E-state index in [9.17, 15) is 0 Å². The molecule has 0 aliphatic carbocycles. The molecule has 1 aliphatic heterocycles. The van der Waals surface area contributed by atoms with Gasteiger partial charge in [-0.3, -0.25) is 0 Å². The van der Waals surface area contributed by atoms with Gasteiger partial charge in [0.25, 0.3) is 0 Å². The number of anilines is 2. The van der Waals surface area contributed by atoms with Gasteiger partial charge < -0.3 is 14.4 Å². The monoisotopic (exact) mass is 385 g/mol. The summed E-state index contributed by atoms with van der Waals surface area (Å²) < 4.78 is 11.9. The number of fused-ring (bicyclic) bond motifs is 2. The standard InChI is InChI=1S/C18H16BrN3O2/c1-23-16-8-13-14(9-17(16)24-2)20-10-21-18(13)22-6-5-11-3-4-12(19)7-15(11)22/h3-4,7-10H,5-6H2,1-2H3. The van der Waals surface area contributed by atoms with Crippen LogP contribution in [0.5, 0.6) is 11.5 Å². The van der Waals surface area contributed by atoms with Crippen molar-refractivity contribution in [3.8, 4) is 11.5 Å². The van der Waals surface area contributed by atoms with E-state index in [1.54, 1.807) is 20.5 Å². The lowest BCUT2D eigenvalue weighted by Crippen LogP contribution is -2.15. The Hall–Kier alpha value is -2.34. The van der Waals surface area contributed by atoms with Gasteiger partial charge in [-0.1, -0.05) is 22.0 Å². The van der Waals surface area contributed by atoms with Crippen molar-refractivity contribution in [2.24, 2.45) is 0 Å². The van der Waals surface area contributed by atoms with Crippen LogP contribution < -0.4 is 14.4 Å². The second kappa shape index (κ2) is 5.94. The van der Waals surface area contributed by atoms with Gasteiger partial charge in [0.2, 0.25) is 0 Å². The van der Waals surface area contributed by atoms with E-state index < -0.39 is 0 Å². The molecular formula is C18H16BrN3O2. The van der Waals surface area contributed by atoms with Crippen LogP contribution in [0.4, 0.5) is 11.5 Å². The smallest absolute Gasteiger partial charge is 0.162 e. The van der Waals surface area contributed by atoms with Crippen LogP contribution in [0.25, 0.3) is 10.9 Å². The molecule has 2 heterocycles. The fourth-order valence-electron chi connectivity index (χ4n) is 3.16. The van der Waals surface area contributed by atoms with Gasteiger partial charge in [0, 0.05) is 28.2 Å². The molecule has 6 heteroatoms. The molecule has 0 saturated heterocycles. The summed E-state index contributed by atoms with van der Waals surface area (Å²) in [4.78, 5) is 11.2. The van der Waals surface area contributed by atoms with Gasteiger partial charge in [-0.05, 0) is 30.2 Å². The molecule has 0 amide bonds.